The quantitative estimate of drug-likeness (QED) is 0.810. The van der Waals surface area contributed by atoms with Gasteiger partial charge in [-0.15, -0.1) is 0 Å². The highest BCUT2D eigenvalue weighted by molar-refractivity contribution is 5.74. The van der Waals surface area contributed by atoms with Crippen molar-refractivity contribution in [1.82, 2.24) is 25.1 Å². The Morgan fingerprint density at radius 3 is 2.87 bits per heavy atom. The van der Waals surface area contributed by atoms with Gasteiger partial charge < -0.3 is 20.1 Å². The molecule has 0 saturated carbocycles. The third-order valence-corrected chi connectivity index (χ3v) is 4.61. The molecule has 130 valence electrons. The summed E-state index contributed by atoms with van der Waals surface area (Å²) in [5.74, 6) is 0.932. The molecule has 2 amide bonds. The standard InChI is InChI=1S/C17H31N5O/c1-5-21(6-2)10-7-8-13(3)18-17(23)22-11-9-15-16(12-22)20-14(4)19-15/h13H,5-12H2,1-4H3,(H,18,23)(H,19,20)/t13-/m1/s1. The van der Waals surface area contributed by atoms with E-state index >= 15 is 0 Å². The number of H-pyrrole nitrogens is 1. The van der Waals surface area contributed by atoms with Crippen LogP contribution in [0.3, 0.4) is 0 Å². The molecule has 2 N–H and O–H groups in total. The lowest BCUT2D eigenvalue weighted by Crippen LogP contribution is -2.46. The van der Waals surface area contributed by atoms with Crippen LogP contribution in [0.15, 0.2) is 0 Å². The number of amides is 2. The summed E-state index contributed by atoms with van der Waals surface area (Å²) >= 11 is 0. The molecule has 0 aliphatic carbocycles. The smallest absolute Gasteiger partial charge is 0.317 e. The fraction of sp³-hybridized carbons (Fsp3) is 0.765. The minimum atomic E-state index is 0.0400. The summed E-state index contributed by atoms with van der Waals surface area (Å²) in [6, 6.07) is 0.251. The number of hydrogen-bond acceptors (Lipinski definition) is 3. The van der Waals surface area contributed by atoms with Crippen molar-refractivity contribution >= 4 is 6.03 Å². The first-order valence-corrected chi connectivity index (χ1v) is 8.85. The highest BCUT2D eigenvalue weighted by Crippen LogP contribution is 2.16. The first kappa shape index (κ1) is 17.8. The fourth-order valence-electron chi connectivity index (χ4n) is 3.15. The Morgan fingerprint density at radius 2 is 2.17 bits per heavy atom. The zero-order valence-corrected chi connectivity index (χ0v) is 15.0. The molecule has 1 aliphatic heterocycles. The number of aryl methyl sites for hydroxylation is 1. The van der Waals surface area contributed by atoms with Crippen molar-refractivity contribution in [3.05, 3.63) is 17.2 Å². The van der Waals surface area contributed by atoms with Gasteiger partial charge in [0.15, 0.2) is 0 Å². The van der Waals surface area contributed by atoms with E-state index in [0.717, 1.165) is 62.7 Å². The van der Waals surface area contributed by atoms with Gasteiger partial charge in [-0.25, -0.2) is 9.78 Å². The topological polar surface area (TPSA) is 64.3 Å². The predicted molar refractivity (Wildman–Crippen MR) is 92.5 cm³/mol. The SMILES string of the molecule is CCN(CC)CCC[C@@H](C)NC(=O)N1CCc2nc(C)[nH]c2C1. The van der Waals surface area contributed by atoms with Gasteiger partial charge in [0.05, 0.1) is 17.9 Å². The molecule has 0 spiro atoms. The van der Waals surface area contributed by atoms with E-state index < -0.39 is 0 Å². The highest BCUT2D eigenvalue weighted by Gasteiger charge is 2.23. The molecule has 1 aromatic rings. The molecule has 1 aromatic heterocycles. The molecular weight excluding hydrogens is 290 g/mol. The van der Waals surface area contributed by atoms with Gasteiger partial charge in [0.2, 0.25) is 0 Å². The number of rotatable bonds is 7. The average Bonchev–Trinajstić information content (AvgIpc) is 2.90. The molecule has 2 rings (SSSR count). The van der Waals surface area contributed by atoms with Crippen LogP contribution in [0.5, 0.6) is 0 Å². The first-order valence-electron chi connectivity index (χ1n) is 8.85. The Morgan fingerprint density at radius 1 is 1.43 bits per heavy atom. The van der Waals surface area contributed by atoms with Crippen LogP contribution in [0.2, 0.25) is 0 Å². The molecule has 1 aliphatic rings. The van der Waals surface area contributed by atoms with E-state index in [0.29, 0.717) is 6.54 Å². The minimum Gasteiger partial charge on any atom is -0.344 e. The molecule has 0 unspecified atom stereocenters. The monoisotopic (exact) mass is 321 g/mol. The molecular formula is C17H31N5O. The van der Waals surface area contributed by atoms with Gasteiger partial charge in [0, 0.05) is 19.0 Å². The number of imidazole rings is 1. The predicted octanol–water partition coefficient (Wildman–Crippen LogP) is 2.30. The highest BCUT2D eigenvalue weighted by atomic mass is 16.2. The van der Waals surface area contributed by atoms with Crippen LogP contribution >= 0.6 is 0 Å². The average molecular weight is 321 g/mol. The first-order chi connectivity index (χ1) is 11.0. The summed E-state index contributed by atoms with van der Waals surface area (Å²) in [4.78, 5) is 24.4. The molecule has 0 fully saturated rings. The molecule has 0 radical (unpaired) electrons. The molecule has 2 heterocycles. The lowest BCUT2D eigenvalue weighted by atomic mass is 10.1. The van der Waals surface area contributed by atoms with Crippen molar-refractivity contribution < 1.29 is 4.79 Å². The van der Waals surface area contributed by atoms with Crippen molar-refractivity contribution in [1.29, 1.82) is 0 Å². The number of urea groups is 1. The lowest BCUT2D eigenvalue weighted by molar-refractivity contribution is 0.187. The summed E-state index contributed by atoms with van der Waals surface area (Å²) < 4.78 is 0. The molecule has 0 aromatic carbocycles. The van der Waals surface area contributed by atoms with E-state index in [1.807, 2.05) is 11.8 Å². The number of hydrogen-bond donors (Lipinski definition) is 2. The second-order valence-corrected chi connectivity index (χ2v) is 6.44. The van der Waals surface area contributed by atoms with E-state index in [4.69, 9.17) is 0 Å². The van der Waals surface area contributed by atoms with E-state index in [1.165, 1.54) is 0 Å². The van der Waals surface area contributed by atoms with Gasteiger partial charge in [-0.1, -0.05) is 13.8 Å². The largest absolute Gasteiger partial charge is 0.344 e. The zero-order chi connectivity index (χ0) is 16.8. The van der Waals surface area contributed by atoms with Gasteiger partial charge in [-0.3, -0.25) is 0 Å². The van der Waals surface area contributed by atoms with Crippen LogP contribution in [0.4, 0.5) is 4.79 Å². The van der Waals surface area contributed by atoms with Crippen molar-refractivity contribution in [2.24, 2.45) is 0 Å². The van der Waals surface area contributed by atoms with Gasteiger partial charge in [0.1, 0.15) is 5.82 Å². The summed E-state index contributed by atoms with van der Waals surface area (Å²) in [6.45, 7) is 13.1. The summed E-state index contributed by atoms with van der Waals surface area (Å²) in [5.41, 5.74) is 2.19. The third-order valence-electron chi connectivity index (χ3n) is 4.61. The van der Waals surface area contributed by atoms with E-state index in [9.17, 15) is 4.79 Å². The van der Waals surface area contributed by atoms with Gasteiger partial charge in [0.25, 0.3) is 0 Å². The van der Waals surface area contributed by atoms with E-state index in [2.05, 4.69) is 41.0 Å². The van der Waals surface area contributed by atoms with Gasteiger partial charge >= 0.3 is 6.03 Å². The van der Waals surface area contributed by atoms with E-state index in [-0.39, 0.29) is 12.1 Å². The molecule has 6 nitrogen and oxygen atoms in total. The van der Waals surface area contributed by atoms with Crippen molar-refractivity contribution in [2.45, 2.75) is 59.5 Å². The number of carbonyl (C=O) groups is 1. The Hall–Kier alpha value is -1.56. The van der Waals surface area contributed by atoms with Crippen molar-refractivity contribution in [3.63, 3.8) is 0 Å². The summed E-state index contributed by atoms with van der Waals surface area (Å²) in [5, 5.41) is 3.13. The van der Waals surface area contributed by atoms with Crippen LogP contribution in [-0.4, -0.2) is 58.0 Å². The van der Waals surface area contributed by atoms with Crippen LogP contribution < -0.4 is 5.32 Å². The van der Waals surface area contributed by atoms with Gasteiger partial charge in [-0.2, -0.15) is 0 Å². The zero-order valence-electron chi connectivity index (χ0n) is 15.0. The van der Waals surface area contributed by atoms with Crippen LogP contribution in [0.25, 0.3) is 0 Å². The maximum absolute atomic E-state index is 12.4. The second kappa shape index (κ2) is 8.34. The third kappa shape index (κ3) is 4.96. The van der Waals surface area contributed by atoms with Crippen LogP contribution in [-0.2, 0) is 13.0 Å². The molecule has 1 atom stereocenters. The fourth-order valence-corrected chi connectivity index (χ4v) is 3.15. The van der Waals surface area contributed by atoms with Crippen LogP contribution in [0.1, 0.15) is 50.8 Å². The van der Waals surface area contributed by atoms with Crippen LogP contribution in [0, 0.1) is 6.92 Å². The Balaban J connectivity index is 1.74. The number of aromatic nitrogens is 2. The normalized spacial score (nSPS) is 15.6. The lowest BCUT2D eigenvalue weighted by Gasteiger charge is -2.28. The Labute approximate surface area is 139 Å². The minimum absolute atomic E-state index is 0.0400. The number of nitrogens with one attached hydrogen (secondary N) is 2. The molecule has 0 saturated heterocycles. The molecule has 6 heteroatoms. The molecule has 0 bridgehead atoms. The maximum atomic E-state index is 12.4. The number of aromatic amines is 1. The van der Waals surface area contributed by atoms with Gasteiger partial charge in [-0.05, 0) is 46.3 Å². The van der Waals surface area contributed by atoms with E-state index in [1.54, 1.807) is 0 Å². The number of carbonyl (C=O) groups excluding carboxylic acids is 1. The molecule has 23 heavy (non-hydrogen) atoms. The Bertz CT molecular complexity index is 509. The van der Waals surface area contributed by atoms with Crippen molar-refractivity contribution in [2.75, 3.05) is 26.2 Å². The summed E-state index contributed by atoms with van der Waals surface area (Å²) in [6.07, 6.45) is 2.97. The maximum Gasteiger partial charge on any atom is 0.317 e. The second-order valence-electron chi connectivity index (χ2n) is 6.44. The Kier molecular flexibility index (Phi) is 6.45. The number of fused-ring (bicyclic) bond motifs is 1. The van der Waals surface area contributed by atoms with Crippen molar-refractivity contribution in [3.8, 4) is 0 Å². The number of nitrogens with zero attached hydrogens (tertiary/aromatic N) is 3. The summed E-state index contributed by atoms with van der Waals surface area (Å²) in [7, 11) is 0.